The predicted octanol–water partition coefficient (Wildman–Crippen LogP) is 7.56. The molecule has 2 atom stereocenters. The van der Waals surface area contributed by atoms with E-state index in [0.717, 1.165) is 44.5 Å². The molecule has 0 aliphatic carbocycles. The molecular weight excluding hydrogens is 378 g/mol. The lowest BCUT2D eigenvalue weighted by molar-refractivity contribution is -0.00481. The van der Waals surface area contributed by atoms with E-state index in [4.69, 9.17) is 0 Å². The number of unbranched alkanes of at least 4 members (excludes halogenated alkanes) is 1. The highest BCUT2D eigenvalue weighted by molar-refractivity contribution is 5.20. The van der Waals surface area contributed by atoms with Gasteiger partial charge in [0.2, 0.25) is 0 Å². The van der Waals surface area contributed by atoms with E-state index < -0.39 is 5.41 Å². The Morgan fingerprint density at radius 2 is 1.58 bits per heavy atom. The Morgan fingerprint density at radius 3 is 2.00 bits per heavy atom. The fourth-order valence-electron chi connectivity index (χ4n) is 5.05. The van der Waals surface area contributed by atoms with Crippen LogP contribution in [0.1, 0.15) is 101 Å². The first-order valence-electron chi connectivity index (χ1n) is 12.4. The predicted molar refractivity (Wildman–Crippen MR) is 138 cm³/mol. The van der Waals surface area contributed by atoms with Crippen LogP contribution in [0, 0.1) is 33.5 Å². The van der Waals surface area contributed by atoms with Crippen LogP contribution in [-0.2, 0) is 0 Å². The standard InChI is InChI=1S/C28H53N3/c1-13-14-17-27(11,21-29)26(9,10)28(12,20-22(2)3)25(8)30-18-15-16-19-31(23(4)5)24(6)7/h13,22-24,30H,1,8,14-20H2,2-7,9-12H3. The topological polar surface area (TPSA) is 39.1 Å². The molecule has 0 aliphatic heterocycles. The van der Waals surface area contributed by atoms with Gasteiger partial charge in [-0.1, -0.05) is 47.3 Å². The SMILES string of the molecule is C=CCCC(C)(C#N)C(C)(C)C(C)(CC(C)C)C(=C)NCCCCN(C(C)C)C(C)C. The molecule has 0 heterocycles. The molecular formula is C28H53N3. The number of hydrogen-bond donors (Lipinski definition) is 1. The maximum Gasteiger partial charge on any atom is 0.0692 e. The van der Waals surface area contributed by atoms with Crippen LogP contribution in [0.2, 0.25) is 0 Å². The van der Waals surface area contributed by atoms with E-state index >= 15 is 0 Å². The molecule has 2 unspecified atom stereocenters. The van der Waals surface area contributed by atoms with Crippen molar-refractivity contribution < 1.29 is 0 Å². The van der Waals surface area contributed by atoms with E-state index in [1.807, 2.05) is 6.08 Å². The summed E-state index contributed by atoms with van der Waals surface area (Å²) in [5.74, 6) is 0.524. The molecule has 0 saturated carbocycles. The second kappa shape index (κ2) is 12.7. The summed E-state index contributed by atoms with van der Waals surface area (Å²) in [6, 6.07) is 3.84. The molecule has 0 aromatic heterocycles. The molecule has 1 N–H and O–H groups in total. The first-order chi connectivity index (χ1) is 14.2. The van der Waals surface area contributed by atoms with Gasteiger partial charge in [0.1, 0.15) is 0 Å². The molecule has 0 spiro atoms. The van der Waals surface area contributed by atoms with Gasteiger partial charge in [0.25, 0.3) is 0 Å². The van der Waals surface area contributed by atoms with E-state index in [1.54, 1.807) is 0 Å². The molecule has 31 heavy (non-hydrogen) atoms. The van der Waals surface area contributed by atoms with Gasteiger partial charge in [0.15, 0.2) is 0 Å². The Labute approximate surface area is 195 Å². The highest BCUT2D eigenvalue weighted by Gasteiger charge is 2.54. The first kappa shape index (κ1) is 29.7. The Bertz CT molecular complexity index is 588. The second-order valence-corrected chi connectivity index (χ2v) is 11.4. The van der Waals surface area contributed by atoms with Crippen LogP contribution in [0.15, 0.2) is 24.9 Å². The van der Waals surface area contributed by atoms with E-state index in [-0.39, 0.29) is 10.8 Å². The number of nitrogens with one attached hydrogen (secondary N) is 1. The van der Waals surface area contributed by atoms with Gasteiger partial charge in [0, 0.05) is 29.7 Å². The van der Waals surface area contributed by atoms with Gasteiger partial charge in [0.05, 0.1) is 11.5 Å². The van der Waals surface area contributed by atoms with Gasteiger partial charge in [-0.3, -0.25) is 4.90 Å². The summed E-state index contributed by atoms with van der Waals surface area (Å²) in [5, 5.41) is 13.9. The minimum absolute atomic E-state index is 0.186. The third-order valence-corrected chi connectivity index (χ3v) is 7.84. The van der Waals surface area contributed by atoms with Gasteiger partial charge < -0.3 is 5.32 Å². The largest absolute Gasteiger partial charge is 0.388 e. The first-order valence-corrected chi connectivity index (χ1v) is 12.4. The van der Waals surface area contributed by atoms with E-state index in [2.05, 4.69) is 98.7 Å². The quantitative estimate of drug-likeness (QED) is 0.202. The van der Waals surface area contributed by atoms with Crippen molar-refractivity contribution in [3.63, 3.8) is 0 Å². The summed E-state index contributed by atoms with van der Waals surface area (Å²) >= 11 is 0. The summed E-state index contributed by atoms with van der Waals surface area (Å²) in [4.78, 5) is 2.55. The Hall–Kier alpha value is -1.27. The minimum atomic E-state index is -0.454. The summed E-state index contributed by atoms with van der Waals surface area (Å²) in [5.41, 5.74) is 0.202. The lowest BCUT2D eigenvalue weighted by Gasteiger charge is -2.54. The van der Waals surface area contributed by atoms with Gasteiger partial charge in [-0.15, -0.1) is 6.58 Å². The van der Waals surface area contributed by atoms with Crippen molar-refractivity contribution in [2.45, 2.75) is 113 Å². The molecule has 0 saturated heterocycles. The van der Waals surface area contributed by atoms with Crippen molar-refractivity contribution in [1.82, 2.24) is 10.2 Å². The second-order valence-electron chi connectivity index (χ2n) is 11.4. The molecule has 0 rings (SSSR count). The molecule has 0 fully saturated rings. The molecule has 3 heteroatoms. The van der Waals surface area contributed by atoms with Crippen molar-refractivity contribution in [3.8, 4) is 6.07 Å². The highest BCUT2D eigenvalue weighted by atomic mass is 15.2. The van der Waals surface area contributed by atoms with Gasteiger partial charge in [-0.05, 0) is 84.6 Å². The molecule has 0 aromatic carbocycles. The third kappa shape index (κ3) is 7.67. The average molecular weight is 432 g/mol. The summed E-state index contributed by atoms with van der Waals surface area (Å²) in [7, 11) is 0. The van der Waals surface area contributed by atoms with Crippen molar-refractivity contribution >= 4 is 0 Å². The van der Waals surface area contributed by atoms with Crippen molar-refractivity contribution in [2.24, 2.45) is 22.2 Å². The zero-order chi connectivity index (χ0) is 24.5. The number of nitrogens with zero attached hydrogens (tertiary/aromatic N) is 2. The zero-order valence-corrected chi connectivity index (χ0v) is 22.6. The number of rotatable bonds is 16. The molecule has 0 radical (unpaired) electrons. The fourth-order valence-corrected chi connectivity index (χ4v) is 5.05. The van der Waals surface area contributed by atoms with E-state index in [0.29, 0.717) is 18.0 Å². The van der Waals surface area contributed by atoms with Crippen LogP contribution in [-0.4, -0.2) is 30.1 Å². The number of allylic oxidation sites excluding steroid dienone is 2. The summed E-state index contributed by atoms with van der Waals surface area (Å²) < 4.78 is 0. The maximum atomic E-state index is 10.2. The van der Waals surface area contributed by atoms with Crippen molar-refractivity contribution in [3.05, 3.63) is 24.9 Å². The van der Waals surface area contributed by atoms with E-state index in [9.17, 15) is 5.26 Å². The van der Waals surface area contributed by atoms with E-state index in [1.165, 1.54) is 6.42 Å². The van der Waals surface area contributed by atoms with Crippen molar-refractivity contribution in [1.29, 1.82) is 5.26 Å². The summed E-state index contributed by atoms with van der Waals surface area (Å²) in [6.45, 7) is 33.0. The monoisotopic (exact) mass is 431 g/mol. The van der Waals surface area contributed by atoms with Crippen LogP contribution in [0.4, 0.5) is 0 Å². The van der Waals surface area contributed by atoms with Gasteiger partial charge in [-0.2, -0.15) is 5.26 Å². The Morgan fingerprint density at radius 1 is 1.03 bits per heavy atom. The fraction of sp³-hybridized carbons (Fsp3) is 0.821. The van der Waals surface area contributed by atoms with Crippen LogP contribution in [0.5, 0.6) is 0 Å². The molecule has 3 nitrogen and oxygen atoms in total. The molecule has 0 aromatic rings. The van der Waals surface area contributed by atoms with Crippen LogP contribution in [0.3, 0.4) is 0 Å². The molecule has 0 bridgehead atoms. The lowest BCUT2D eigenvalue weighted by Crippen LogP contribution is -2.50. The normalized spacial score (nSPS) is 16.3. The van der Waals surface area contributed by atoms with Crippen molar-refractivity contribution in [2.75, 3.05) is 13.1 Å². The zero-order valence-electron chi connectivity index (χ0n) is 22.6. The molecule has 180 valence electrons. The minimum Gasteiger partial charge on any atom is -0.388 e. The Kier molecular flexibility index (Phi) is 12.2. The highest BCUT2D eigenvalue weighted by Crippen LogP contribution is 2.58. The summed E-state index contributed by atoms with van der Waals surface area (Å²) in [6.07, 6.45) is 6.91. The van der Waals surface area contributed by atoms with Gasteiger partial charge in [-0.25, -0.2) is 0 Å². The lowest BCUT2D eigenvalue weighted by atomic mass is 9.50. The third-order valence-electron chi connectivity index (χ3n) is 7.84. The Balaban J connectivity index is 5.34. The van der Waals surface area contributed by atoms with Crippen LogP contribution < -0.4 is 5.32 Å². The van der Waals surface area contributed by atoms with Crippen LogP contribution in [0.25, 0.3) is 0 Å². The van der Waals surface area contributed by atoms with Gasteiger partial charge >= 0.3 is 0 Å². The number of nitriles is 1. The molecule has 0 aliphatic rings. The maximum absolute atomic E-state index is 10.2. The number of hydrogen-bond acceptors (Lipinski definition) is 3. The molecule has 0 amide bonds. The smallest absolute Gasteiger partial charge is 0.0692 e. The van der Waals surface area contributed by atoms with Crippen LogP contribution >= 0.6 is 0 Å². The average Bonchev–Trinajstić information content (AvgIpc) is 2.66.